The Morgan fingerprint density at radius 3 is 2.50 bits per heavy atom. The molecule has 1 fully saturated rings. The average Bonchev–Trinajstić information content (AvgIpc) is 1.81. The zero-order chi connectivity index (χ0) is 9.19. The molecular formula is C10H19NO. The van der Waals surface area contributed by atoms with Gasteiger partial charge in [0, 0.05) is 13.0 Å². The maximum Gasteiger partial charge on any atom is 0.217 e. The topological polar surface area (TPSA) is 29.1 Å². The summed E-state index contributed by atoms with van der Waals surface area (Å²) in [6, 6.07) is 0.341. The second kappa shape index (κ2) is 3.46. The van der Waals surface area contributed by atoms with Crippen molar-refractivity contribution in [1.82, 2.24) is 5.32 Å². The maximum atomic E-state index is 10.7. The molecular weight excluding hydrogens is 150 g/mol. The smallest absolute Gasteiger partial charge is 0.217 e. The van der Waals surface area contributed by atoms with E-state index in [1.807, 2.05) is 0 Å². The zero-order valence-electron chi connectivity index (χ0n) is 8.31. The van der Waals surface area contributed by atoms with Gasteiger partial charge >= 0.3 is 0 Å². The summed E-state index contributed by atoms with van der Waals surface area (Å²) in [7, 11) is 0. The van der Waals surface area contributed by atoms with Gasteiger partial charge in [-0.3, -0.25) is 4.79 Å². The number of rotatable bonds is 3. The van der Waals surface area contributed by atoms with Crippen LogP contribution in [-0.2, 0) is 4.79 Å². The van der Waals surface area contributed by atoms with Crippen LogP contribution in [-0.4, -0.2) is 11.9 Å². The molecule has 1 atom stereocenters. The predicted molar refractivity (Wildman–Crippen MR) is 49.9 cm³/mol. The molecule has 1 rings (SSSR count). The van der Waals surface area contributed by atoms with E-state index in [0.717, 1.165) is 6.42 Å². The standard InChI is InChI=1S/C10H19NO/c1-8(11-9(2)12)7-10(3)5-4-6-10/h8H,4-7H2,1-3H3,(H,11,12). The van der Waals surface area contributed by atoms with Gasteiger partial charge in [-0.25, -0.2) is 0 Å². The van der Waals surface area contributed by atoms with E-state index in [1.54, 1.807) is 6.92 Å². The normalized spacial score (nSPS) is 22.6. The minimum absolute atomic E-state index is 0.0884. The lowest BCUT2D eigenvalue weighted by Gasteiger charge is -2.40. The second-order valence-electron chi connectivity index (χ2n) is 4.47. The highest BCUT2D eigenvalue weighted by Crippen LogP contribution is 2.43. The first-order valence-corrected chi connectivity index (χ1v) is 4.79. The molecule has 0 heterocycles. The van der Waals surface area contributed by atoms with Gasteiger partial charge in [0.15, 0.2) is 0 Å². The van der Waals surface area contributed by atoms with Crippen LogP contribution in [0.15, 0.2) is 0 Å². The van der Waals surface area contributed by atoms with Crippen LogP contribution in [0.3, 0.4) is 0 Å². The average molecular weight is 169 g/mol. The predicted octanol–water partition coefficient (Wildman–Crippen LogP) is 2.09. The molecule has 1 saturated carbocycles. The van der Waals surface area contributed by atoms with Crippen LogP contribution in [0.5, 0.6) is 0 Å². The van der Waals surface area contributed by atoms with E-state index in [0.29, 0.717) is 11.5 Å². The molecule has 1 N–H and O–H groups in total. The highest BCUT2D eigenvalue weighted by atomic mass is 16.1. The molecule has 0 bridgehead atoms. The molecule has 0 saturated heterocycles. The van der Waals surface area contributed by atoms with Crippen molar-refractivity contribution in [3.8, 4) is 0 Å². The molecule has 70 valence electrons. The number of hydrogen-bond acceptors (Lipinski definition) is 1. The Morgan fingerprint density at radius 2 is 2.17 bits per heavy atom. The molecule has 1 amide bonds. The summed E-state index contributed by atoms with van der Waals surface area (Å²) in [5, 5.41) is 2.93. The van der Waals surface area contributed by atoms with Gasteiger partial charge in [-0.2, -0.15) is 0 Å². The molecule has 1 aliphatic rings. The molecule has 0 aromatic heterocycles. The highest BCUT2D eigenvalue weighted by Gasteiger charge is 2.32. The Morgan fingerprint density at radius 1 is 1.58 bits per heavy atom. The zero-order valence-corrected chi connectivity index (χ0v) is 8.31. The van der Waals surface area contributed by atoms with E-state index in [4.69, 9.17) is 0 Å². The number of amides is 1. The van der Waals surface area contributed by atoms with E-state index >= 15 is 0 Å². The Bertz CT molecular complexity index is 173. The molecule has 0 aromatic rings. The number of hydrogen-bond donors (Lipinski definition) is 1. The number of nitrogens with one attached hydrogen (secondary N) is 1. The summed E-state index contributed by atoms with van der Waals surface area (Å²) in [4.78, 5) is 10.7. The Kier molecular flexibility index (Phi) is 2.76. The molecule has 12 heavy (non-hydrogen) atoms. The van der Waals surface area contributed by atoms with Crippen molar-refractivity contribution in [2.24, 2.45) is 5.41 Å². The Balaban J connectivity index is 2.25. The summed E-state index contributed by atoms with van der Waals surface area (Å²) >= 11 is 0. The molecule has 0 aromatic carbocycles. The van der Waals surface area contributed by atoms with Crippen LogP contribution in [0.2, 0.25) is 0 Å². The van der Waals surface area contributed by atoms with Crippen LogP contribution in [0.4, 0.5) is 0 Å². The van der Waals surface area contributed by atoms with Crippen LogP contribution >= 0.6 is 0 Å². The minimum Gasteiger partial charge on any atom is -0.354 e. The first-order valence-electron chi connectivity index (χ1n) is 4.79. The van der Waals surface area contributed by atoms with Crippen molar-refractivity contribution >= 4 is 5.91 Å². The van der Waals surface area contributed by atoms with Crippen molar-refractivity contribution in [3.05, 3.63) is 0 Å². The fourth-order valence-electron chi connectivity index (χ4n) is 2.12. The van der Waals surface area contributed by atoms with Crippen molar-refractivity contribution in [3.63, 3.8) is 0 Å². The van der Waals surface area contributed by atoms with Gasteiger partial charge in [-0.05, 0) is 31.6 Å². The first-order chi connectivity index (χ1) is 5.52. The summed E-state index contributed by atoms with van der Waals surface area (Å²) < 4.78 is 0. The first kappa shape index (κ1) is 9.56. The fraction of sp³-hybridized carbons (Fsp3) is 0.900. The van der Waals surface area contributed by atoms with Crippen molar-refractivity contribution in [2.75, 3.05) is 0 Å². The lowest BCUT2D eigenvalue weighted by Crippen LogP contribution is -2.38. The maximum absolute atomic E-state index is 10.7. The van der Waals surface area contributed by atoms with Gasteiger partial charge in [-0.1, -0.05) is 13.3 Å². The van der Waals surface area contributed by atoms with Gasteiger partial charge < -0.3 is 5.32 Å². The van der Waals surface area contributed by atoms with Crippen LogP contribution < -0.4 is 5.32 Å². The molecule has 1 unspecified atom stereocenters. The summed E-state index contributed by atoms with van der Waals surface area (Å²) in [6.07, 6.45) is 5.16. The molecule has 0 radical (unpaired) electrons. The van der Waals surface area contributed by atoms with Crippen molar-refractivity contribution < 1.29 is 4.79 Å². The lowest BCUT2D eigenvalue weighted by atomic mass is 9.67. The van der Waals surface area contributed by atoms with Gasteiger partial charge in [0.1, 0.15) is 0 Å². The molecule has 1 aliphatic carbocycles. The van der Waals surface area contributed by atoms with Crippen LogP contribution in [0.25, 0.3) is 0 Å². The second-order valence-corrected chi connectivity index (χ2v) is 4.47. The molecule has 0 spiro atoms. The third-order valence-electron chi connectivity index (χ3n) is 2.81. The Hall–Kier alpha value is -0.530. The fourth-order valence-corrected chi connectivity index (χ4v) is 2.12. The molecule has 0 aliphatic heterocycles. The van der Waals surface area contributed by atoms with Gasteiger partial charge in [0.25, 0.3) is 0 Å². The van der Waals surface area contributed by atoms with E-state index in [2.05, 4.69) is 19.2 Å². The largest absolute Gasteiger partial charge is 0.354 e. The van der Waals surface area contributed by atoms with E-state index < -0.39 is 0 Å². The minimum atomic E-state index is 0.0884. The van der Waals surface area contributed by atoms with E-state index in [9.17, 15) is 4.79 Å². The number of carbonyl (C=O) groups is 1. The summed E-state index contributed by atoms with van der Waals surface area (Å²) in [6.45, 7) is 5.99. The molecule has 2 nitrogen and oxygen atoms in total. The van der Waals surface area contributed by atoms with Gasteiger partial charge in [0.05, 0.1) is 0 Å². The third kappa shape index (κ3) is 2.50. The highest BCUT2D eigenvalue weighted by molar-refractivity contribution is 5.73. The Labute approximate surface area is 74.7 Å². The lowest BCUT2D eigenvalue weighted by molar-refractivity contribution is -0.119. The third-order valence-corrected chi connectivity index (χ3v) is 2.81. The SMILES string of the molecule is CC(=O)NC(C)CC1(C)CCC1. The molecule has 2 heteroatoms. The van der Waals surface area contributed by atoms with E-state index in [-0.39, 0.29) is 5.91 Å². The van der Waals surface area contributed by atoms with Gasteiger partial charge in [-0.15, -0.1) is 0 Å². The summed E-state index contributed by atoms with van der Waals surface area (Å²) in [5.74, 6) is 0.0884. The summed E-state index contributed by atoms with van der Waals surface area (Å²) in [5.41, 5.74) is 0.516. The number of carbonyl (C=O) groups excluding carboxylic acids is 1. The van der Waals surface area contributed by atoms with E-state index in [1.165, 1.54) is 19.3 Å². The monoisotopic (exact) mass is 169 g/mol. The van der Waals surface area contributed by atoms with Crippen LogP contribution in [0, 0.1) is 5.41 Å². The van der Waals surface area contributed by atoms with Crippen molar-refractivity contribution in [1.29, 1.82) is 0 Å². The van der Waals surface area contributed by atoms with Gasteiger partial charge in [0.2, 0.25) is 5.91 Å². The van der Waals surface area contributed by atoms with Crippen LogP contribution in [0.1, 0.15) is 46.5 Å². The van der Waals surface area contributed by atoms with Crippen molar-refractivity contribution in [2.45, 2.75) is 52.5 Å². The quantitative estimate of drug-likeness (QED) is 0.688.